The number of fused-ring (bicyclic) bond motifs is 6. The van der Waals surface area contributed by atoms with Crippen LogP contribution < -0.4 is 0 Å². The molecule has 0 atom stereocenters. The number of hydrogen-bond acceptors (Lipinski definition) is 1. The summed E-state index contributed by atoms with van der Waals surface area (Å²) in [7, 11) is 0. The van der Waals surface area contributed by atoms with Gasteiger partial charge in [0.15, 0.2) is 23.3 Å². The maximum Gasteiger partial charge on any atom is 0.200 e. The molecule has 0 aliphatic rings. The van der Waals surface area contributed by atoms with Crippen LogP contribution in [0.2, 0.25) is 0 Å². The van der Waals surface area contributed by atoms with Gasteiger partial charge in [0.25, 0.3) is 0 Å². The molecule has 312 valence electrons. The van der Waals surface area contributed by atoms with Gasteiger partial charge in [-0.05, 0) is 80.3 Å². The average molecular weight is 824 g/mol. The molecule has 8 aromatic rings. The standard InChI is InChI=1S/C53H50F5N3/c1-50(2,3)28-13-17-32-33-18-14-29(51(4,5)6)24-40(33)60(39(32)23-28)38-22-21-36(43-44(54)46(56)48(58)47(57)45(43)55)49(37(38)27-59)61-41-25-30(52(7,8)9)15-19-34(41)35-20-16-31(26-42(35)61)53(10,11)12/h13-26H,1-12H3. The highest BCUT2D eigenvalue weighted by Gasteiger charge is 2.33. The Morgan fingerprint density at radius 2 is 0.721 bits per heavy atom. The van der Waals surface area contributed by atoms with E-state index in [4.69, 9.17) is 0 Å². The van der Waals surface area contributed by atoms with Crippen LogP contribution in [0.5, 0.6) is 0 Å². The predicted octanol–water partition coefficient (Wildman–Crippen LogP) is 15.3. The van der Waals surface area contributed by atoms with E-state index in [0.717, 1.165) is 54.8 Å². The van der Waals surface area contributed by atoms with Gasteiger partial charge in [-0.1, -0.05) is 132 Å². The summed E-state index contributed by atoms with van der Waals surface area (Å²) in [4.78, 5) is 0. The number of aromatic nitrogens is 2. The van der Waals surface area contributed by atoms with Crippen LogP contribution in [0, 0.1) is 40.4 Å². The first-order valence-corrected chi connectivity index (χ1v) is 20.6. The SMILES string of the molecule is CC(C)(C)c1ccc2c3ccc(C(C)(C)C)cc3n(-c3ccc(-c4c(F)c(F)c(F)c(F)c4F)c(-n4c5cc(C(C)(C)C)ccc5c5ccc(C(C)(C)C)cc54)c3C#N)c2c1. The van der Waals surface area contributed by atoms with Crippen LogP contribution in [-0.4, -0.2) is 9.13 Å². The molecule has 61 heavy (non-hydrogen) atoms. The van der Waals surface area contributed by atoms with Crippen molar-refractivity contribution in [3.63, 3.8) is 0 Å². The van der Waals surface area contributed by atoms with Crippen molar-refractivity contribution in [1.29, 1.82) is 5.26 Å². The molecule has 8 rings (SSSR count). The number of benzene rings is 6. The maximum atomic E-state index is 16.3. The van der Waals surface area contributed by atoms with E-state index < -0.39 is 34.6 Å². The molecule has 2 heterocycles. The molecule has 0 unspecified atom stereocenters. The third-order valence-electron chi connectivity index (χ3n) is 12.2. The minimum absolute atomic E-state index is 0.00530. The second-order valence-corrected chi connectivity index (χ2v) is 20.5. The van der Waals surface area contributed by atoms with Crippen LogP contribution in [-0.2, 0) is 21.7 Å². The van der Waals surface area contributed by atoms with Gasteiger partial charge < -0.3 is 9.13 Å². The fourth-order valence-corrected chi connectivity index (χ4v) is 8.56. The Kier molecular flexibility index (Phi) is 9.44. The normalized spacial score (nSPS) is 13.0. The topological polar surface area (TPSA) is 33.6 Å². The second kappa shape index (κ2) is 13.8. The summed E-state index contributed by atoms with van der Waals surface area (Å²) in [6.45, 7) is 25.1. The minimum atomic E-state index is -2.26. The van der Waals surface area contributed by atoms with Crippen molar-refractivity contribution in [3.8, 4) is 28.6 Å². The zero-order chi connectivity index (χ0) is 44.5. The fraction of sp³-hybridized carbons (Fsp3) is 0.302. The van der Waals surface area contributed by atoms with Gasteiger partial charge in [0, 0.05) is 27.1 Å². The third kappa shape index (κ3) is 6.59. The van der Waals surface area contributed by atoms with Gasteiger partial charge in [-0.2, -0.15) is 5.26 Å². The average Bonchev–Trinajstić information content (AvgIpc) is 3.69. The van der Waals surface area contributed by atoms with E-state index >= 15 is 17.6 Å². The van der Waals surface area contributed by atoms with Crippen LogP contribution in [0.15, 0.2) is 84.9 Å². The van der Waals surface area contributed by atoms with Gasteiger partial charge in [-0.3, -0.25) is 0 Å². The molecule has 0 fully saturated rings. The quantitative estimate of drug-likeness (QED) is 0.0993. The summed E-state index contributed by atoms with van der Waals surface area (Å²) < 4.78 is 81.8. The van der Waals surface area contributed by atoms with Crippen LogP contribution >= 0.6 is 0 Å². The first-order chi connectivity index (χ1) is 28.3. The fourth-order valence-electron chi connectivity index (χ4n) is 8.56. The predicted molar refractivity (Wildman–Crippen MR) is 240 cm³/mol. The van der Waals surface area contributed by atoms with E-state index in [1.165, 1.54) is 6.07 Å². The molecule has 8 heteroatoms. The zero-order valence-electron chi connectivity index (χ0n) is 36.8. The van der Waals surface area contributed by atoms with Crippen molar-refractivity contribution in [2.24, 2.45) is 0 Å². The molecular weight excluding hydrogens is 774 g/mol. The second-order valence-electron chi connectivity index (χ2n) is 20.5. The molecule has 2 aromatic heterocycles. The first-order valence-electron chi connectivity index (χ1n) is 20.6. The van der Waals surface area contributed by atoms with Gasteiger partial charge in [0.2, 0.25) is 5.82 Å². The Morgan fingerprint density at radius 1 is 0.410 bits per heavy atom. The zero-order valence-corrected chi connectivity index (χ0v) is 36.8. The lowest BCUT2D eigenvalue weighted by molar-refractivity contribution is 0.381. The van der Waals surface area contributed by atoms with Crippen LogP contribution in [0.4, 0.5) is 22.0 Å². The van der Waals surface area contributed by atoms with Crippen molar-refractivity contribution in [1.82, 2.24) is 9.13 Å². The van der Waals surface area contributed by atoms with Crippen molar-refractivity contribution < 1.29 is 22.0 Å². The Labute approximate surface area is 354 Å². The largest absolute Gasteiger partial charge is 0.308 e. The van der Waals surface area contributed by atoms with Crippen molar-refractivity contribution in [2.45, 2.75) is 105 Å². The highest BCUT2D eigenvalue weighted by molar-refractivity contribution is 6.12. The van der Waals surface area contributed by atoms with E-state index in [0.29, 0.717) is 16.7 Å². The van der Waals surface area contributed by atoms with Crippen LogP contribution in [0.25, 0.3) is 66.1 Å². The Morgan fingerprint density at radius 3 is 1.03 bits per heavy atom. The molecule has 0 saturated heterocycles. The molecule has 0 radical (unpaired) electrons. The van der Waals surface area contributed by atoms with Gasteiger partial charge in [0.1, 0.15) is 11.6 Å². The van der Waals surface area contributed by atoms with Crippen molar-refractivity contribution in [2.75, 3.05) is 0 Å². The van der Waals surface area contributed by atoms with Crippen molar-refractivity contribution in [3.05, 3.63) is 142 Å². The lowest BCUT2D eigenvalue weighted by Gasteiger charge is -2.23. The number of nitrogens with zero attached hydrogens (tertiary/aromatic N) is 3. The molecule has 3 nitrogen and oxygen atoms in total. The van der Waals surface area contributed by atoms with E-state index in [1.807, 2.05) is 41.0 Å². The summed E-state index contributed by atoms with van der Waals surface area (Å²) >= 11 is 0. The maximum absolute atomic E-state index is 16.3. The molecule has 0 spiro atoms. The molecule has 0 N–H and O–H groups in total. The molecule has 0 saturated carbocycles. The lowest BCUT2D eigenvalue weighted by atomic mass is 9.86. The molecular formula is C53H50F5N3. The van der Waals surface area contributed by atoms with E-state index in [9.17, 15) is 9.65 Å². The number of rotatable bonds is 3. The van der Waals surface area contributed by atoms with E-state index in [1.54, 1.807) is 10.6 Å². The highest BCUT2D eigenvalue weighted by atomic mass is 19.2. The third-order valence-corrected chi connectivity index (χ3v) is 12.2. The van der Waals surface area contributed by atoms with Crippen LogP contribution in [0.1, 0.15) is 111 Å². The Bertz CT molecular complexity index is 3010. The highest BCUT2D eigenvalue weighted by Crippen LogP contribution is 2.46. The smallest absolute Gasteiger partial charge is 0.200 e. The summed E-state index contributed by atoms with van der Waals surface area (Å²) in [5, 5.41) is 15.1. The summed E-state index contributed by atoms with van der Waals surface area (Å²) in [5.74, 6) is -10.4. The summed E-state index contributed by atoms with van der Waals surface area (Å²) in [6, 6.07) is 30.0. The van der Waals surface area contributed by atoms with Gasteiger partial charge in [-0.25, -0.2) is 22.0 Å². The molecule has 0 aliphatic heterocycles. The molecule has 0 aliphatic carbocycles. The Hall–Kier alpha value is -5.94. The first kappa shape index (κ1) is 41.8. The van der Waals surface area contributed by atoms with E-state index in [-0.39, 0.29) is 38.5 Å². The van der Waals surface area contributed by atoms with Gasteiger partial charge in [0.05, 0.1) is 39.0 Å². The number of halogens is 5. The minimum Gasteiger partial charge on any atom is -0.308 e. The van der Waals surface area contributed by atoms with E-state index in [2.05, 4.69) is 126 Å². The van der Waals surface area contributed by atoms with Gasteiger partial charge in [-0.15, -0.1) is 0 Å². The number of hydrogen-bond donors (Lipinski definition) is 0. The molecule has 0 bridgehead atoms. The van der Waals surface area contributed by atoms with Gasteiger partial charge >= 0.3 is 0 Å². The molecule has 6 aromatic carbocycles. The van der Waals surface area contributed by atoms with Crippen molar-refractivity contribution >= 4 is 43.6 Å². The molecule has 0 amide bonds. The number of nitriles is 1. The Balaban J connectivity index is 1.65. The van der Waals surface area contributed by atoms with Crippen LogP contribution in [0.3, 0.4) is 0 Å². The summed E-state index contributed by atoms with van der Waals surface area (Å²) in [5.41, 5.74) is 4.56. The summed E-state index contributed by atoms with van der Waals surface area (Å²) in [6.07, 6.45) is 0. The monoisotopic (exact) mass is 823 g/mol. The lowest BCUT2D eigenvalue weighted by Crippen LogP contribution is -2.13.